The van der Waals surface area contributed by atoms with Crippen LogP contribution in [0.1, 0.15) is 13.3 Å². The highest BCUT2D eigenvalue weighted by molar-refractivity contribution is 7.99. The van der Waals surface area contributed by atoms with E-state index in [2.05, 4.69) is 15.1 Å². The van der Waals surface area contributed by atoms with Crippen LogP contribution >= 0.6 is 11.8 Å². The molecule has 0 saturated heterocycles. The Hall–Kier alpha value is -1.83. The molecule has 102 valence electrons. The quantitative estimate of drug-likeness (QED) is 0.499. The Morgan fingerprint density at radius 2 is 2.26 bits per heavy atom. The average molecular weight is 282 g/mol. The van der Waals surface area contributed by atoms with Gasteiger partial charge in [-0.05, 0) is 6.92 Å². The number of esters is 1. The molecule has 0 radical (unpaired) electrons. The molecule has 2 aromatic rings. The monoisotopic (exact) mass is 282 g/mol. The Morgan fingerprint density at radius 1 is 1.47 bits per heavy atom. The van der Waals surface area contributed by atoms with Crippen molar-refractivity contribution in [2.24, 2.45) is 7.05 Å². The summed E-state index contributed by atoms with van der Waals surface area (Å²) in [5, 5.41) is 14.5. The first kappa shape index (κ1) is 13.6. The van der Waals surface area contributed by atoms with Gasteiger partial charge in [-0.25, -0.2) is 14.6 Å². The molecule has 0 aliphatic heterocycles. The van der Waals surface area contributed by atoms with Crippen LogP contribution in [0, 0.1) is 0 Å². The van der Waals surface area contributed by atoms with E-state index in [0.29, 0.717) is 34.8 Å². The summed E-state index contributed by atoms with van der Waals surface area (Å²) in [5.41, 5.74) is 0.951. The number of ether oxygens (including phenoxy) is 1. The van der Waals surface area contributed by atoms with Crippen molar-refractivity contribution < 1.29 is 14.6 Å². The second-order valence-corrected chi connectivity index (χ2v) is 4.81. The van der Waals surface area contributed by atoms with E-state index in [1.807, 2.05) is 0 Å². The lowest BCUT2D eigenvalue weighted by Crippen LogP contribution is -2.04. The van der Waals surface area contributed by atoms with E-state index >= 15 is 0 Å². The van der Waals surface area contributed by atoms with Crippen LogP contribution in [0.3, 0.4) is 0 Å². The maximum atomic E-state index is 11.2. The molecule has 0 spiro atoms. The Balaban J connectivity index is 2.09. The largest absolute Gasteiger partial charge is 0.492 e. The highest BCUT2D eigenvalue weighted by Gasteiger charge is 2.14. The van der Waals surface area contributed by atoms with Gasteiger partial charge in [0.1, 0.15) is 16.9 Å². The smallest absolute Gasteiger partial charge is 0.306 e. The highest BCUT2D eigenvalue weighted by Crippen LogP contribution is 2.28. The van der Waals surface area contributed by atoms with Gasteiger partial charge < -0.3 is 9.84 Å². The molecule has 19 heavy (non-hydrogen) atoms. The van der Waals surface area contributed by atoms with Crippen molar-refractivity contribution in [3.63, 3.8) is 0 Å². The SMILES string of the molecule is CCOC(=O)CCSc1ncnc2c(O)n(C)nc12. The van der Waals surface area contributed by atoms with E-state index in [-0.39, 0.29) is 11.8 Å². The van der Waals surface area contributed by atoms with Crippen LogP contribution in [0.15, 0.2) is 11.4 Å². The number of aromatic hydroxyl groups is 1. The minimum atomic E-state index is -0.232. The topological polar surface area (TPSA) is 90.1 Å². The zero-order valence-corrected chi connectivity index (χ0v) is 11.5. The molecule has 0 fully saturated rings. The van der Waals surface area contributed by atoms with Crippen LogP contribution < -0.4 is 0 Å². The first-order valence-corrected chi connectivity index (χ1v) is 6.77. The number of hydrogen-bond acceptors (Lipinski definition) is 7. The molecule has 0 saturated carbocycles. The molecular weight excluding hydrogens is 268 g/mol. The molecule has 0 atom stereocenters. The summed E-state index contributed by atoms with van der Waals surface area (Å²) in [6.45, 7) is 2.16. The third-order valence-electron chi connectivity index (χ3n) is 2.41. The second-order valence-electron chi connectivity index (χ2n) is 3.73. The van der Waals surface area contributed by atoms with Gasteiger partial charge >= 0.3 is 5.97 Å². The third kappa shape index (κ3) is 2.95. The van der Waals surface area contributed by atoms with Crippen LogP contribution in [0.4, 0.5) is 0 Å². The maximum absolute atomic E-state index is 11.2. The standard InChI is InChI=1S/C11H14N4O3S/c1-3-18-7(16)4-5-19-10-8-9(12-6-13-10)11(17)15(2)14-8/h6,17H,3-5H2,1-2H3. The molecule has 8 heteroatoms. The van der Waals surface area contributed by atoms with Crippen LogP contribution in [0.25, 0.3) is 11.0 Å². The normalized spacial score (nSPS) is 10.8. The minimum Gasteiger partial charge on any atom is -0.492 e. The van der Waals surface area contributed by atoms with E-state index in [1.165, 1.54) is 22.8 Å². The van der Waals surface area contributed by atoms with E-state index in [4.69, 9.17) is 4.74 Å². The molecule has 0 unspecified atom stereocenters. The Labute approximate surface area is 114 Å². The molecule has 7 nitrogen and oxygen atoms in total. The van der Waals surface area contributed by atoms with Crippen molar-refractivity contribution in [2.45, 2.75) is 18.4 Å². The van der Waals surface area contributed by atoms with Crippen LogP contribution in [-0.2, 0) is 16.6 Å². The minimum absolute atomic E-state index is 0.00430. The Morgan fingerprint density at radius 3 is 3.00 bits per heavy atom. The number of nitrogens with zero attached hydrogens (tertiary/aromatic N) is 4. The third-order valence-corrected chi connectivity index (χ3v) is 3.39. The molecule has 0 aromatic carbocycles. The van der Waals surface area contributed by atoms with Gasteiger partial charge in [0, 0.05) is 12.8 Å². The first-order valence-electron chi connectivity index (χ1n) is 5.78. The van der Waals surface area contributed by atoms with Crippen molar-refractivity contribution in [2.75, 3.05) is 12.4 Å². The fourth-order valence-electron chi connectivity index (χ4n) is 1.54. The van der Waals surface area contributed by atoms with Crippen LogP contribution in [0.2, 0.25) is 0 Å². The second kappa shape index (κ2) is 5.87. The van der Waals surface area contributed by atoms with E-state index in [0.717, 1.165) is 0 Å². The van der Waals surface area contributed by atoms with Crippen molar-refractivity contribution in [1.82, 2.24) is 19.7 Å². The van der Waals surface area contributed by atoms with Crippen molar-refractivity contribution in [3.05, 3.63) is 6.33 Å². The first-order chi connectivity index (χ1) is 9.13. The number of aromatic nitrogens is 4. The van der Waals surface area contributed by atoms with Gasteiger partial charge in [0.15, 0.2) is 5.52 Å². The summed E-state index contributed by atoms with van der Waals surface area (Å²) in [6.07, 6.45) is 1.68. The summed E-state index contributed by atoms with van der Waals surface area (Å²) in [5.74, 6) is 0.316. The summed E-state index contributed by atoms with van der Waals surface area (Å²) < 4.78 is 6.19. The zero-order valence-electron chi connectivity index (χ0n) is 10.7. The number of carbonyl (C=O) groups excluding carboxylic acids is 1. The van der Waals surface area contributed by atoms with E-state index < -0.39 is 0 Å². The van der Waals surface area contributed by atoms with Gasteiger partial charge in [-0.2, -0.15) is 5.10 Å². The van der Waals surface area contributed by atoms with Gasteiger partial charge in [0.25, 0.3) is 0 Å². The molecule has 2 rings (SSSR count). The highest BCUT2D eigenvalue weighted by atomic mass is 32.2. The number of fused-ring (bicyclic) bond motifs is 1. The molecular formula is C11H14N4O3S. The van der Waals surface area contributed by atoms with Gasteiger partial charge in [-0.1, -0.05) is 0 Å². The van der Waals surface area contributed by atoms with Crippen LogP contribution in [0.5, 0.6) is 5.88 Å². The summed E-state index contributed by atoms with van der Waals surface area (Å²) >= 11 is 1.39. The fraction of sp³-hybridized carbons (Fsp3) is 0.455. The average Bonchev–Trinajstić information content (AvgIpc) is 2.67. The maximum Gasteiger partial charge on any atom is 0.306 e. The lowest BCUT2D eigenvalue weighted by atomic mass is 10.5. The summed E-state index contributed by atoms with van der Waals surface area (Å²) in [4.78, 5) is 19.3. The lowest BCUT2D eigenvalue weighted by Gasteiger charge is -2.01. The summed E-state index contributed by atoms with van der Waals surface area (Å²) in [7, 11) is 1.63. The van der Waals surface area contributed by atoms with Crippen LogP contribution in [-0.4, -0.2) is 43.2 Å². The molecule has 0 bridgehead atoms. The van der Waals surface area contributed by atoms with Gasteiger partial charge in [-0.15, -0.1) is 11.8 Å². The van der Waals surface area contributed by atoms with Gasteiger partial charge in [-0.3, -0.25) is 4.79 Å². The molecule has 0 aliphatic carbocycles. The van der Waals surface area contributed by atoms with Crippen molar-refractivity contribution in [1.29, 1.82) is 0 Å². The lowest BCUT2D eigenvalue weighted by molar-refractivity contribution is -0.142. The fourth-order valence-corrected chi connectivity index (χ4v) is 2.39. The molecule has 1 N–H and O–H groups in total. The van der Waals surface area contributed by atoms with Gasteiger partial charge in [0.05, 0.1) is 13.0 Å². The molecule has 0 aliphatic rings. The predicted molar refractivity (Wildman–Crippen MR) is 69.9 cm³/mol. The molecule has 2 aromatic heterocycles. The van der Waals surface area contributed by atoms with Gasteiger partial charge in [0.2, 0.25) is 5.88 Å². The Kier molecular flexibility index (Phi) is 4.20. The van der Waals surface area contributed by atoms with Crippen molar-refractivity contribution >= 4 is 28.8 Å². The number of rotatable bonds is 5. The van der Waals surface area contributed by atoms with Crippen molar-refractivity contribution in [3.8, 4) is 5.88 Å². The zero-order chi connectivity index (χ0) is 13.8. The molecule has 0 amide bonds. The Bertz CT molecular complexity index is 599. The van der Waals surface area contributed by atoms with E-state index in [9.17, 15) is 9.90 Å². The number of aryl methyl sites for hydroxylation is 1. The number of thioether (sulfide) groups is 1. The number of hydrogen-bond donors (Lipinski definition) is 1. The molecule has 2 heterocycles. The summed E-state index contributed by atoms with van der Waals surface area (Å²) in [6, 6.07) is 0. The number of carbonyl (C=O) groups is 1. The predicted octanol–water partition coefficient (Wildman–Crippen LogP) is 1.11. The van der Waals surface area contributed by atoms with E-state index in [1.54, 1.807) is 14.0 Å².